The molecule has 2 N–H and O–H groups in total. The van der Waals surface area contributed by atoms with E-state index < -0.39 is 0 Å². The summed E-state index contributed by atoms with van der Waals surface area (Å²) in [5, 5.41) is 0. The summed E-state index contributed by atoms with van der Waals surface area (Å²) in [6.07, 6.45) is 0. The predicted molar refractivity (Wildman–Crippen MR) is 72.1 cm³/mol. The third-order valence-corrected chi connectivity index (χ3v) is 2.89. The number of aromatic nitrogens is 1. The Hall–Kier alpha value is -2.63. The normalized spacial score (nSPS) is 12.2. The number of nitrogens with two attached hydrogens (primary N) is 1. The molecule has 0 unspecified atom stereocenters. The number of anilines is 1. The van der Waals surface area contributed by atoms with Gasteiger partial charge in [-0.25, -0.2) is 0 Å². The average molecular weight is 274 g/mol. The predicted octanol–water partition coefficient (Wildman–Crippen LogP) is 1.98. The zero-order chi connectivity index (χ0) is 13.9. The summed E-state index contributed by atoms with van der Waals surface area (Å²) in [4.78, 5) is 4.15. The molecule has 6 nitrogen and oxygen atoms in total. The Kier molecular flexibility index (Phi) is 3.20. The Labute approximate surface area is 116 Å². The number of benzene rings is 1. The van der Waals surface area contributed by atoms with Crippen LogP contribution in [0.4, 0.5) is 5.69 Å². The number of hydrogen-bond donors (Lipinski definition) is 1. The summed E-state index contributed by atoms with van der Waals surface area (Å²) in [5.41, 5.74) is 7.22. The van der Waals surface area contributed by atoms with Gasteiger partial charge in [-0.15, -0.1) is 0 Å². The molecule has 0 amide bonds. The quantitative estimate of drug-likeness (QED) is 0.918. The number of nitrogens with zero attached hydrogens (tertiary/aromatic N) is 1. The van der Waals surface area contributed by atoms with E-state index in [1.165, 1.54) is 0 Å². The fourth-order valence-corrected chi connectivity index (χ4v) is 1.85. The molecule has 0 saturated heterocycles. The van der Waals surface area contributed by atoms with E-state index in [-0.39, 0.29) is 6.79 Å². The maximum Gasteiger partial charge on any atom is 0.240 e. The van der Waals surface area contributed by atoms with Gasteiger partial charge in [0.1, 0.15) is 6.61 Å². The first kappa shape index (κ1) is 12.4. The second-order valence-electron chi connectivity index (χ2n) is 4.22. The first-order chi connectivity index (χ1) is 9.76. The summed E-state index contributed by atoms with van der Waals surface area (Å²) in [6, 6.07) is 9.01. The lowest BCUT2D eigenvalue weighted by atomic mass is 10.2. The molecule has 1 aromatic carbocycles. The highest BCUT2D eigenvalue weighted by molar-refractivity contribution is 5.49. The average Bonchev–Trinajstić information content (AvgIpc) is 2.94. The van der Waals surface area contributed by atoms with Crippen molar-refractivity contribution in [2.75, 3.05) is 19.6 Å². The number of fused-ring (bicyclic) bond motifs is 1. The highest BCUT2D eigenvalue weighted by Crippen LogP contribution is 2.33. The van der Waals surface area contributed by atoms with E-state index in [4.69, 9.17) is 24.7 Å². The van der Waals surface area contributed by atoms with Gasteiger partial charge in [0.15, 0.2) is 11.5 Å². The Morgan fingerprint density at radius 2 is 2.05 bits per heavy atom. The van der Waals surface area contributed by atoms with Gasteiger partial charge in [-0.3, -0.25) is 0 Å². The van der Waals surface area contributed by atoms with Crippen LogP contribution < -0.4 is 24.7 Å². The monoisotopic (exact) mass is 274 g/mol. The Morgan fingerprint density at radius 1 is 1.20 bits per heavy atom. The van der Waals surface area contributed by atoms with Crippen LogP contribution in [0.2, 0.25) is 0 Å². The van der Waals surface area contributed by atoms with Crippen LogP contribution in [0.3, 0.4) is 0 Å². The van der Waals surface area contributed by atoms with Gasteiger partial charge in [-0.2, -0.15) is 4.98 Å². The lowest BCUT2D eigenvalue weighted by Gasteiger charge is -2.09. The van der Waals surface area contributed by atoms with Crippen LogP contribution >= 0.6 is 0 Å². The van der Waals surface area contributed by atoms with E-state index in [1.54, 1.807) is 19.2 Å². The van der Waals surface area contributed by atoms with Crippen molar-refractivity contribution in [1.82, 2.24) is 4.98 Å². The summed E-state index contributed by atoms with van der Waals surface area (Å²) < 4.78 is 21.2. The lowest BCUT2D eigenvalue weighted by molar-refractivity contribution is 0.174. The van der Waals surface area contributed by atoms with Crippen molar-refractivity contribution in [1.29, 1.82) is 0 Å². The van der Waals surface area contributed by atoms with Gasteiger partial charge >= 0.3 is 0 Å². The van der Waals surface area contributed by atoms with Crippen LogP contribution in [0, 0.1) is 0 Å². The topological polar surface area (TPSA) is 75.8 Å². The van der Waals surface area contributed by atoms with E-state index in [0.717, 1.165) is 17.1 Å². The smallest absolute Gasteiger partial charge is 0.240 e. The minimum Gasteiger partial charge on any atom is -0.481 e. The Balaban J connectivity index is 1.73. The van der Waals surface area contributed by atoms with Gasteiger partial charge in [-0.05, 0) is 23.8 Å². The van der Waals surface area contributed by atoms with Crippen LogP contribution in [0.15, 0.2) is 30.3 Å². The molecule has 3 rings (SSSR count). The zero-order valence-electron chi connectivity index (χ0n) is 11.0. The molecule has 2 heterocycles. The van der Waals surface area contributed by atoms with Crippen LogP contribution in [-0.2, 0) is 6.61 Å². The van der Waals surface area contributed by atoms with Crippen molar-refractivity contribution < 1.29 is 18.9 Å². The molecule has 0 radical (unpaired) electrons. The molecule has 1 aromatic heterocycles. The maximum absolute atomic E-state index is 5.81. The van der Waals surface area contributed by atoms with Crippen molar-refractivity contribution in [2.24, 2.45) is 0 Å². The number of nitrogen functional groups attached to an aromatic ring is 1. The van der Waals surface area contributed by atoms with Gasteiger partial charge in [0.2, 0.25) is 18.6 Å². The summed E-state index contributed by atoms with van der Waals surface area (Å²) in [7, 11) is 1.54. The van der Waals surface area contributed by atoms with E-state index >= 15 is 0 Å². The minimum absolute atomic E-state index is 0.254. The first-order valence-corrected chi connectivity index (χ1v) is 6.08. The number of rotatable bonds is 4. The van der Waals surface area contributed by atoms with Crippen molar-refractivity contribution in [2.45, 2.75) is 6.61 Å². The highest BCUT2D eigenvalue weighted by Gasteiger charge is 2.13. The third kappa shape index (κ3) is 2.40. The number of methoxy groups -OCH3 is 1. The number of pyridine rings is 1. The molecule has 104 valence electrons. The third-order valence-electron chi connectivity index (χ3n) is 2.89. The molecule has 0 aliphatic carbocycles. The van der Waals surface area contributed by atoms with E-state index in [2.05, 4.69) is 4.98 Å². The second-order valence-corrected chi connectivity index (χ2v) is 4.22. The SMILES string of the molecule is COc1ccc(N)c(OCc2ccc3c(c2)OCO3)n1. The molecule has 0 atom stereocenters. The molecule has 1 aliphatic rings. The first-order valence-electron chi connectivity index (χ1n) is 6.08. The summed E-state index contributed by atoms with van der Waals surface area (Å²) in [5.74, 6) is 2.27. The largest absolute Gasteiger partial charge is 0.481 e. The summed E-state index contributed by atoms with van der Waals surface area (Å²) >= 11 is 0. The number of ether oxygens (including phenoxy) is 4. The molecule has 20 heavy (non-hydrogen) atoms. The van der Waals surface area contributed by atoms with Gasteiger partial charge in [0, 0.05) is 6.07 Å². The maximum atomic E-state index is 5.81. The van der Waals surface area contributed by atoms with Crippen molar-refractivity contribution in [3.05, 3.63) is 35.9 Å². The molecule has 2 aromatic rings. The Morgan fingerprint density at radius 3 is 2.90 bits per heavy atom. The fraction of sp³-hybridized carbons (Fsp3) is 0.214. The molecule has 0 fully saturated rings. The van der Waals surface area contributed by atoms with Crippen LogP contribution in [0.25, 0.3) is 0 Å². The molecule has 0 bridgehead atoms. The van der Waals surface area contributed by atoms with Crippen LogP contribution in [-0.4, -0.2) is 18.9 Å². The van der Waals surface area contributed by atoms with Gasteiger partial charge < -0.3 is 24.7 Å². The van der Waals surface area contributed by atoms with Crippen molar-refractivity contribution in [3.8, 4) is 23.3 Å². The van der Waals surface area contributed by atoms with Gasteiger partial charge in [-0.1, -0.05) is 6.07 Å². The number of hydrogen-bond acceptors (Lipinski definition) is 6. The van der Waals surface area contributed by atoms with Crippen LogP contribution in [0.5, 0.6) is 23.3 Å². The molecule has 1 aliphatic heterocycles. The molecular weight excluding hydrogens is 260 g/mol. The molecule has 0 saturated carbocycles. The van der Waals surface area contributed by atoms with E-state index in [9.17, 15) is 0 Å². The zero-order valence-corrected chi connectivity index (χ0v) is 11.0. The fourth-order valence-electron chi connectivity index (χ4n) is 1.85. The minimum atomic E-state index is 0.254. The van der Waals surface area contributed by atoms with Gasteiger partial charge in [0.25, 0.3) is 0 Å². The van der Waals surface area contributed by atoms with Crippen molar-refractivity contribution in [3.63, 3.8) is 0 Å². The van der Waals surface area contributed by atoms with Crippen molar-refractivity contribution >= 4 is 5.69 Å². The standard InChI is InChI=1S/C14H14N2O4/c1-17-13-5-3-10(15)14(16-13)18-7-9-2-4-11-12(6-9)20-8-19-11/h2-6H,7-8,15H2,1H3. The van der Waals surface area contributed by atoms with E-state index in [0.29, 0.717) is 24.1 Å². The molecular formula is C14H14N2O4. The van der Waals surface area contributed by atoms with Crippen LogP contribution in [0.1, 0.15) is 5.56 Å². The lowest BCUT2D eigenvalue weighted by Crippen LogP contribution is -2.02. The summed E-state index contributed by atoms with van der Waals surface area (Å²) in [6.45, 7) is 0.588. The molecule has 6 heteroatoms. The van der Waals surface area contributed by atoms with E-state index in [1.807, 2.05) is 18.2 Å². The second kappa shape index (κ2) is 5.16. The Bertz CT molecular complexity index is 631. The van der Waals surface area contributed by atoms with Gasteiger partial charge in [0.05, 0.1) is 12.8 Å². The molecule has 0 spiro atoms. The highest BCUT2D eigenvalue weighted by atomic mass is 16.7.